The Hall–Kier alpha value is -2.48. The van der Waals surface area contributed by atoms with E-state index < -0.39 is 21.7 Å². The Kier molecular flexibility index (Phi) is 7.81. The van der Waals surface area contributed by atoms with Crippen LogP contribution in [0, 0.1) is 11.6 Å². The van der Waals surface area contributed by atoms with Crippen molar-refractivity contribution in [3.63, 3.8) is 0 Å². The first-order chi connectivity index (χ1) is 14.3. The fraction of sp³-hybridized carbons (Fsp3) is 0.435. The second-order valence-electron chi connectivity index (χ2n) is 8.70. The largest absolute Gasteiger partial charge is 0.350 e. The summed E-state index contributed by atoms with van der Waals surface area (Å²) in [6.45, 7) is 8.26. The summed E-state index contributed by atoms with van der Waals surface area (Å²) < 4.78 is 51.8. The minimum atomic E-state index is -3.72. The molecule has 0 fully saturated rings. The van der Waals surface area contributed by atoms with Crippen LogP contribution in [0.25, 0.3) is 0 Å². The second-order valence-corrected chi connectivity index (χ2v) is 10.6. The van der Waals surface area contributed by atoms with E-state index in [-0.39, 0.29) is 42.4 Å². The van der Waals surface area contributed by atoms with E-state index in [0.717, 1.165) is 28.3 Å². The Morgan fingerprint density at radius 3 is 2.19 bits per heavy atom. The first-order valence-corrected chi connectivity index (χ1v) is 12.0. The average molecular weight is 453 g/mol. The zero-order valence-electron chi connectivity index (χ0n) is 18.6. The maximum atomic E-state index is 13.5. The van der Waals surface area contributed by atoms with Crippen molar-refractivity contribution >= 4 is 21.6 Å². The van der Waals surface area contributed by atoms with Crippen LogP contribution in [0.1, 0.15) is 57.7 Å². The van der Waals surface area contributed by atoms with Crippen LogP contribution in [0.3, 0.4) is 0 Å². The van der Waals surface area contributed by atoms with Gasteiger partial charge in [-0.3, -0.25) is 9.10 Å². The van der Waals surface area contributed by atoms with Gasteiger partial charge in [0.2, 0.25) is 15.9 Å². The summed E-state index contributed by atoms with van der Waals surface area (Å²) in [7, 11) is -3.72. The van der Waals surface area contributed by atoms with Crippen molar-refractivity contribution < 1.29 is 22.0 Å². The molecule has 0 aromatic heterocycles. The van der Waals surface area contributed by atoms with E-state index in [4.69, 9.17) is 0 Å². The molecular formula is C23H30F2N2O3S. The zero-order chi connectivity index (χ0) is 23.4. The average Bonchev–Trinajstić information content (AvgIpc) is 2.66. The number of amides is 1. The van der Waals surface area contributed by atoms with E-state index in [1.807, 2.05) is 31.2 Å². The number of carbonyl (C=O) groups is 1. The van der Waals surface area contributed by atoms with Gasteiger partial charge in [0.15, 0.2) is 11.6 Å². The van der Waals surface area contributed by atoms with Crippen molar-refractivity contribution in [1.29, 1.82) is 0 Å². The maximum Gasteiger partial charge on any atom is 0.232 e. The van der Waals surface area contributed by atoms with Crippen LogP contribution in [-0.4, -0.2) is 27.1 Å². The molecule has 0 radical (unpaired) electrons. The van der Waals surface area contributed by atoms with Crippen LogP contribution in [0.5, 0.6) is 0 Å². The van der Waals surface area contributed by atoms with Crippen molar-refractivity contribution in [1.82, 2.24) is 5.32 Å². The number of nitrogens with zero attached hydrogens (tertiary/aromatic N) is 1. The molecule has 0 saturated carbocycles. The Morgan fingerprint density at radius 2 is 1.68 bits per heavy atom. The van der Waals surface area contributed by atoms with Crippen LogP contribution >= 0.6 is 0 Å². The summed E-state index contributed by atoms with van der Waals surface area (Å²) in [4.78, 5) is 12.3. The number of rotatable bonds is 8. The molecule has 0 aliphatic carbocycles. The molecule has 0 spiro atoms. The zero-order valence-corrected chi connectivity index (χ0v) is 19.4. The van der Waals surface area contributed by atoms with Gasteiger partial charge >= 0.3 is 0 Å². The molecule has 1 atom stereocenters. The lowest BCUT2D eigenvalue weighted by molar-refractivity contribution is -0.121. The summed E-state index contributed by atoms with van der Waals surface area (Å²) in [6, 6.07) is 10.8. The van der Waals surface area contributed by atoms with Crippen LogP contribution in [0.4, 0.5) is 14.5 Å². The number of sulfonamides is 1. The first kappa shape index (κ1) is 24.8. The van der Waals surface area contributed by atoms with Crippen molar-refractivity contribution in [2.45, 2.75) is 52.0 Å². The molecule has 0 bridgehead atoms. The van der Waals surface area contributed by atoms with E-state index in [2.05, 4.69) is 26.1 Å². The van der Waals surface area contributed by atoms with Crippen molar-refractivity contribution in [2.24, 2.45) is 0 Å². The number of benzene rings is 2. The van der Waals surface area contributed by atoms with E-state index in [9.17, 15) is 22.0 Å². The van der Waals surface area contributed by atoms with E-state index in [1.165, 1.54) is 11.6 Å². The summed E-state index contributed by atoms with van der Waals surface area (Å²) in [6.07, 6.45) is 1.31. The normalized spacial score (nSPS) is 13.0. The Bertz CT molecular complexity index is 1020. The summed E-state index contributed by atoms with van der Waals surface area (Å²) >= 11 is 0. The molecule has 0 aliphatic rings. The number of carbonyl (C=O) groups excluding carboxylic acids is 1. The third-order valence-electron chi connectivity index (χ3n) is 5.01. The van der Waals surface area contributed by atoms with E-state index in [1.54, 1.807) is 0 Å². The van der Waals surface area contributed by atoms with Gasteiger partial charge < -0.3 is 5.32 Å². The smallest absolute Gasteiger partial charge is 0.232 e. The number of hydrogen-bond acceptors (Lipinski definition) is 3. The fourth-order valence-corrected chi connectivity index (χ4v) is 4.14. The van der Waals surface area contributed by atoms with Gasteiger partial charge in [-0.05, 0) is 42.0 Å². The van der Waals surface area contributed by atoms with Crippen molar-refractivity contribution in [3.05, 3.63) is 65.2 Å². The number of nitrogens with one attached hydrogen (secondary N) is 1. The number of hydrogen-bond donors (Lipinski definition) is 1. The Morgan fingerprint density at radius 1 is 1.06 bits per heavy atom. The molecule has 0 heterocycles. The summed E-state index contributed by atoms with van der Waals surface area (Å²) in [5, 5.41) is 2.91. The topological polar surface area (TPSA) is 66.5 Å². The summed E-state index contributed by atoms with van der Waals surface area (Å²) in [5.41, 5.74) is 2.24. The molecule has 31 heavy (non-hydrogen) atoms. The highest BCUT2D eigenvalue weighted by atomic mass is 32.2. The monoisotopic (exact) mass is 452 g/mol. The molecular weight excluding hydrogens is 422 g/mol. The van der Waals surface area contributed by atoms with Gasteiger partial charge in [-0.2, -0.15) is 0 Å². The van der Waals surface area contributed by atoms with Crippen LogP contribution < -0.4 is 9.62 Å². The Balaban J connectivity index is 1.95. The molecule has 1 amide bonds. The molecule has 0 aliphatic heterocycles. The standard InChI is InChI=1S/C23H30F2N2O3S/c1-16(17-8-10-18(11-9-17)23(2,3)4)26-22(28)7-6-14-27(31(5,29)30)19-12-13-20(24)21(25)15-19/h8-13,15-16H,6-7,14H2,1-5H3,(H,26,28)/t16-/m0/s1. The molecule has 5 nitrogen and oxygen atoms in total. The van der Waals surface area contributed by atoms with Gasteiger partial charge in [0.25, 0.3) is 0 Å². The summed E-state index contributed by atoms with van der Waals surface area (Å²) in [5.74, 6) is -2.40. The maximum absolute atomic E-state index is 13.5. The molecule has 0 unspecified atom stereocenters. The highest BCUT2D eigenvalue weighted by Gasteiger charge is 2.20. The molecule has 0 saturated heterocycles. The lowest BCUT2D eigenvalue weighted by atomic mass is 9.86. The van der Waals surface area contributed by atoms with Crippen LogP contribution in [0.15, 0.2) is 42.5 Å². The number of halogens is 2. The third-order valence-corrected chi connectivity index (χ3v) is 6.20. The predicted octanol–water partition coefficient (Wildman–Crippen LogP) is 4.69. The molecule has 8 heteroatoms. The molecule has 2 rings (SSSR count). The Labute approximate surface area is 183 Å². The van der Waals surface area contributed by atoms with Gasteiger partial charge in [-0.1, -0.05) is 45.0 Å². The lowest BCUT2D eigenvalue weighted by Crippen LogP contribution is -2.32. The molecule has 2 aromatic rings. The molecule has 2 aromatic carbocycles. The van der Waals surface area contributed by atoms with E-state index >= 15 is 0 Å². The highest BCUT2D eigenvalue weighted by molar-refractivity contribution is 7.92. The fourth-order valence-electron chi connectivity index (χ4n) is 3.18. The van der Waals surface area contributed by atoms with Crippen LogP contribution in [-0.2, 0) is 20.2 Å². The third kappa shape index (κ3) is 7.02. The minimum absolute atomic E-state index is 0.0218. The SMILES string of the molecule is C[C@H](NC(=O)CCCN(c1ccc(F)c(F)c1)S(C)(=O)=O)c1ccc(C(C)(C)C)cc1. The minimum Gasteiger partial charge on any atom is -0.350 e. The van der Waals surface area contributed by atoms with Gasteiger partial charge in [-0.15, -0.1) is 0 Å². The lowest BCUT2D eigenvalue weighted by Gasteiger charge is -2.23. The molecule has 1 N–H and O–H groups in total. The van der Waals surface area contributed by atoms with Crippen molar-refractivity contribution in [2.75, 3.05) is 17.1 Å². The van der Waals surface area contributed by atoms with Gasteiger partial charge in [0, 0.05) is 19.0 Å². The van der Waals surface area contributed by atoms with Crippen LogP contribution in [0.2, 0.25) is 0 Å². The first-order valence-electron chi connectivity index (χ1n) is 10.1. The predicted molar refractivity (Wildman–Crippen MR) is 119 cm³/mol. The van der Waals surface area contributed by atoms with Crippen molar-refractivity contribution in [3.8, 4) is 0 Å². The van der Waals surface area contributed by atoms with E-state index in [0.29, 0.717) is 0 Å². The number of anilines is 1. The van der Waals surface area contributed by atoms with Gasteiger partial charge in [-0.25, -0.2) is 17.2 Å². The van der Waals surface area contributed by atoms with Gasteiger partial charge in [0.05, 0.1) is 18.0 Å². The highest BCUT2D eigenvalue weighted by Crippen LogP contribution is 2.24. The molecule has 170 valence electrons. The van der Waals surface area contributed by atoms with Gasteiger partial charge in [0.1, 0.15) is 0 Å². The second kappa shape index (κ2) is 9.77. The quantitative estimate of drug-likeness (QED) is 0.632.